The van der Waals surface area contributed by atoms with Crippen molar-refractivity contribution < 1.29 is 19.4 Å². The lowest BCUT2D eigenvalue weighted by molar-refractivity contribution is -0.154. The van der Waals surface area contributed by atoms with Crippen molar-refractivity contribution in [1.29, 1.82) is 0 Å². The van der Waals surface area contributed by atoms with Crippen molar-refractivity contribution in [3.8, 4) is 5.75 Å². The van der Waals surface area contributed by atoms with Crippen molar-refractivity contribution in [2.75, 3.05) is 17.2 Å². The van der Waals surface area contributed by atoms with E-state index in [0.29, 0.717) is 6.42 Å². The van der Waals surface area contributed by atoms with Crippen LogP contribution in [0.5, 0.6) is 5.75 Å². The summed E-state index contributed by atoms with van der Waals surface area (Å²) in [5.41, 5.74) is -0.831. The van der Waals surface area contributed by atoms with Crippen LogP contribution in [0.2, 0.25) is 0 Å². The number of para-hydroxylation sites is 1. The third-order valence-corrected chi connectivity index (χ3v) is 5.41. The van der Waals surface area contributed by atoms with E-state index in [1.165, 1.54) is 18.2 Å². The molecule has 3 aromatic rings. The summed E-state index contributed by atoms with van der Waals surface area (Å²) in [4.78, 5) is 49.0. The number of hydrogen-bond donors (Lipinski definition) is 4. The lowest BCUT2D eigenvalue weighted by Crippen LogP contribution is -2.37. The second kappa shape index (κ2) is 11.1. The predicted octanol–water partition coefficient (Wildman–Crippen LogP) is 3.76. The molecule has 0 aromatic heterocycles. The molecule has 36 heavy (non-hydrogen) atoms. The second-order valence-corrected chi connectivity index (χ2v) is 9.34. The summed E-state index contributed by atoms with van der Waals surface area (Å²) in [6, 6.07) is 13.8. The van der Waals surface area contributed by atoms with E-state index >= 15 is 0 Å². The number of nitrogens with one attached hydrogen (secondary N) is 3. The van der Waals surface area contributed by atoms with Gasteiger partial charge in [0.05, 0.1) is 23.7 Å². The first-order chi connectivity index (χ1) is 17.0. The van der Waals surface area contributed by atoms with Crippen molar-refractivity contribution in [2.24, 2.45) is 0 Å². The van der Waals surface area contributed by atoms with Gasteiger partial charge in [0, 0.05) is 6.54 Å². The van der Waals surface area contributed by atoms with Gasteiger partial charge in [-0.2, -0.15) is 0 Å². The quantitative estimate of drug-likeness (QED) is 0.191. The van der Waals surface area contributed by atoms with Gasteiger partial charge in [-0.3, -0.25) is 19.2 Å². The smallest absolute Gasteiger partial charge is 0.308 e. The molecule has 0 aliphatic carbocycles. The molecule has 0 aliphatic heterocycles. The van der Waals surface area contributed by atoms with E-state index in [4.69, 9.17) is 4.74 Å². The summed E-state index contributed by atoms with van der Waals surface area (Å²) >= 11 is 0. The Morgan fingerprint density at radius 2 is 1.64 bits per heavy atom. The summed E-state index contributed by atoms with van der Waals surface area (Å²) in [5, 5.41) is 19.2. The molecule has 0 fully saturated rings. The van der Waals surface area contributed by atoms with E-state index in [9.17, 15) is 24.3 Å². The van der Waals surface area contributed by atoms with Crippen molar-refractivity contribution in [3.05, 3.63) is 80.1 Å². The topological polar surface area (TPSA) is 134 Å². The Balaban J connectivity index is 1.71. The van der Waals surface area contributed by atoms with Gasteiger partial charge >= 0.3 is 5.97 Å². The Morgan fingerprint density at radius 3 is 2.28 bits per heavy atom. The van der Waals surface area contributed by atoms with Crippen molar-refractivity contribution >= 4 is 28.9 Å². The number of ether oxygens (including phenoxy) is 1. The second-order valence-electron chi connectivity index (χ2n) is 9.34. The van der Waals surface area contributed by atoms with Gasteiger partial charge in [0.15, 0.2) is 5.75 Å². The Kier molecular flexibility index (Phi) is 8.14. The molecule has 0 saturated carbocycles. The van der Waals surface area contributed by atoms with Crippen LogP contribution in [-0.4, -0.2) is 29.1 Å². The highest BCUT2D eigenvalue weighted by Gasteiger charge is 2.25. The van der Waals surface area contributed by atoms with E-state index in [2.05, 4.69) is 16.0 Å². The maximum absolute atomic E-state index is 12.6. The summed E-state index contributed by atoms with van der Waals surface area (Å²) in [5.74, 6) is -1.44. The molecule has 1 amide bonds. The van der Waals surface area contributed by atoms with Gasteiger partial charge in [0.25, 0.3) is 16.8 Å². The van der Waals surface area contributed by atoms with Gasteiger partial charge in [-0.15, -0.1) is 0 Å². The van der Waals surface area contributed by atoms with E-state index in [1.54, 1.807) is 20.8 Å². The van der Waals surface area contributed by atoms with E-state index in [0.717, 1.165) is 5.56 Å². The van der Waals surface area contributed by atoms with Crippen LogP contribution in [0.15, 0.2) is 58.1 Å². The van der Waals surface area contributed by atoms with Crippen LogP contribution in [-0.2, 0) is 9.53 Å². The molecular formula is C27H31N3O6. The summed E-state index contributed by atoms with van der Waals surface area (Å²) in [7, 11) is 0. The fourth-order valence-electron chi connectivity index (χ4n) is 3.66. The zero-order valence-corrected chi connectivity index (χ0v) is 20.8. The highest BCUT2D eigenvalue weighted by atomic mass is 16.6. The minimum absolute atomic E-state index is 0.0205. The number of phenols is 1. The van der Waals surface area contributed by atoms with Crippen LogP contribution in [0.3, 0.4) is 0 Å². The zero-order chi connectivity index (χ0) is 26.5. The van der Waals surface area contributed by atoms with Gasteiger partial charge in [0.1, 0.15) is 17.0 Å². The van der Waals surface area contributed by atoms with Crippen molar-refractivity contribution in [2.45, 2.75) is 52.2 Å². The van der Waals surface area contributed by atoms with E-state index < -0.39 is 28.3 Å². The fourth-order valence-corrected chi connectivity index (χ4v) is 3.66. The molecule has 0 spiro atoms. The molecule has 9 heteroatoms. The fraction of sp³-hybridized carbons (Fsp3) is 0.333. The molecular weight excluding hydrogens is 462 g/mol. The predicted molar refractivity (Wildman–Crippen MR) is 139 cm³/mol. The van der Waals surface area contributed by atoms with Crippen LogP contribution in [0.4, 0.5) is 17.1 Å². The number of hydrogen-bond acceptors (Lipinski definition) is 8. The van der Waals surface area contributed by atoms with E-state index in [-0.39, 0.29) is 47.4 Å². The Hall–Kier alpha value is -4.14. The molecule has 0 saturated heterocycles. The van der Waals surface area contributed by atoms with Crippen LogP contribution >= 0.6 is 0 Å². The van der Waals surface area contributed by atoms with Gasteiger partial charge in [-0.25, -0.2) is 0 Å². The molecule has 190 valence electrons. The zero-order valence-electron chi connectivity index (χ0n) is 20.8. The molecule has 0 radical (unpaired) electrons. The minimum atomic E-state index is -0.716. The minimum Gasteiger partial charge on any atom is -0.505 e. The third kappa shape index (κ3) is 6.29. The van der Waals surface area contributed by atoms with Crippen LogP contribution in [0.1, 0.15) is 62.5 Å². The average Bonchev–Trinajstić information content (AvgIpc) is 2.83. The number of carbonyl (C=O) groups excluding carboxylic acids is 2. The number of amides is 1. The van der Waals surface area contributed by atoms with Crippen molar-refractivity contribution in [3.63, 3.8) is 0 Å². The van der Waals surface area contributed by atoms with Crippen LogP contribution < -0.4 is 26.8 Å². The maximum Gasteiger partial charge on any atom is 0.308 e. The normalized spacial score (nSPS) is 12.1. The summed E-state index contributed by atoms with van der Waals surface area (Å²) in [6.07, 6.45) is 0.646. The third-order valence-electron chi connectivity index (χ3n) is 5.41. The molecule has 0 heterocycles. The number of rotatable bonds is 10. The monoisotopic (exact) mass is 493 g/mol. The first kappa shape index (κ1) is 26.5. The first-order valence-electron chi connectivity index (χ1n) is 11.8. The number of benzene rings is 2. The number of esters is 1. The largest absolute Gasteiger partial charge is 0.505 e. The Bertz CT molecular complexity index is 1300. The lowest BCUT2D eigenvalue weighted by Gasteiger charge is -2.22. The number of phenolic OH excluding ortho intramolecular Hbond substituents is 1. The molecule has 1 unspecified atom stereocenters. The summed E-state index contributed by atoms with van der Waals surface area (Å²) in [6.45, 7) is 7.23. The Morgan fingerprint density at radius 1 is 0.972 bits per heavy atom. The van der Waals surface area contributed by atoms with E-state index in [1.807, 2.05) is 37.3 Å². The SMILES string of the molecule is CCC(Nc1c(Nc2cccc(C(=O)NCCC(=O)OC(C)(C)C)c2O)c(=O)c1=O)c1ccccc1. The maximum atomic E-state index is 12.6. The molecule has 1 atom stereocenters. The highest BCUT2D eigenvalue weighted by Crippen LogP contribution is 2.33. The molecule has 3 aromatic carbocycles. The first-order valence-corrected chi connectivity index (χ1v) is 11.8. The molecule has 9 nitrogen and oxygen atoms in total. The van der Waals surface area contributed by atoms with Gasteiger partial charge in [-0.05, 0) is 44.9 Å². The lowest BCUT2D eigenvalue weighted by atomic mass is 10.0. The molecule has 0 bridgehead atoms. The van der Waals surface area contributed by atoms with Gasteiger partial charge in [0.2, 0.25) is 0 Å². The number of aromatic hydroxyl groups is 1. The molecule has 3 rings (SSSR count). The highest BCUT2D eigenvalue weighted by molar-refractivity contribution is 5.99. The molecule has 0 aliphatic rings. The van der Waals surface area contributed by atoms with Gasteiger partial charge < -0.3 is 25.8 Å². The average molecular weight is 494 g/mol. The standard InChI is InChI=1S/C27H31N3O6/c1-5-18(16-10-7-6-8-11-16)29-21-22(25(34)24(21)33)30-19-13-9-12-17(23(19)32)26(35)28-15-14-20(31)36-27(2,3)4/h6-13,18,29-30,32H,5,14-15H2,1-4H3,(H,28,35). The number of carbonyl (C=O) groups is 2. The van der Waals surface area contributed by atoms with Gasteiger partial charge in [-0.1, -0.05) is 43.3 Å². The Labute approximate surface area is 209 Å². The van der Waals surface area contributed by atoms with Crippen molar-refractivity contribution in [1.82, 2.24) is 5.32 Å². The van der Waals surface area contributed by atoms with Crippen LogP contribution in [0, 0.1) is 0 Å². The summed E-state index contributed by atoms with van der Waals surface area (Å²) < 4.78 is 5.20. The van der Waals surface area contributed by atoms with Crippen LogP contribution in [0.25, 0.3) is 0 Å². The molecule has 4 N–H and O–H groups in total. The number of anilines is 3.